The van der Waals surface area contributed by atoms with Crippen LogP contribution in [-0.4, -0.2) is 61.2 Å². The summed E-state index contributed by atoms with van der Waals surface area (Å²) in [4.78, 5) is 26.9. The Morgan fingerprint density at radius 2 is 2.06 bits per heavy atom. The predicted octanol–water partition coefficient (Wildman–Crippen LogP) is 2.20. The van der Waals surface area contributed by atoms with Crippen LogP contribution in [0.3, 0.4) is 0 Å². The number of aromatic nitrogens is 5. The number of alkyl halides is 1. The molecular weight excluding hydrogens is 415 g/mol. The van der Waals surface area contributed by atoms with Crippen molar-refractivity contribution in [3.8, 4) is 11.6 Å². The van der Waals surface area contributed by atoms with Crippen LogP contribution in [0.4, 0.5) is 16.3 Å². The Labute approximate surface area is 182 Å². The molecule has 10 nitrogen and oxygen atoms in total. The van der Waals surface area contributed by atoms with Gasteiger partial charge in [0.1, 0.15) is 6.17 Å². The van der Waals surface area contributed by atoms with Crippen LogP contribution < -0.4 is 11.1 Å². The molecule has 0 radical (unpaired) electrons. The fourth-order valence-electron chi connectivity index (χ4n) is 3.61. The first-order valence-corrected chi connectivity index (χ1v) is 10.3. The number of hydrogen-bond acceptors (Lipinski definition) is 8. The molecule has 3 N–H and O–H groups in total. The second-order valence-electron chi connectivity index (χ2n) is 7.54. The highest BCUT2D eigenvalue weighted by Gasteiger charge is 2.26. The molecule has 1 saturated heterocycles. The highest BCUT2D eigenvalue weighted by molar-refractivity contribution is 5.94. The average Bonchev–Trinajstić information content (AvgIpc) is 3.54. The summed E-state index contributed by atoms with van der Waals surface area (Å²) >= 11 is 0. The number of fused-ring (bicyclic) bond motifs is 1. The predicted molar refractivity (Wildman–Crippen MR) is 115 cm³/mol. The van der Waals surface area contributed by atoms with E-state index < -0.39 is 6.17 Å². The largest absolute Gasteiger partial charge is 0.461 e. The van der Waals surface area contributed by atoms with Crippen molar-refractivity contribution in [3.05, 3.63) is 53.8 Å². The standard InChI is InChI=1S/C21H21FN8O2/c22-15-8-10-29(12-15)18(31)14-5-3-13(4-6-14)7-9-24-20-26-19(23)30-21(27-20)25-17(28-30)16-2-1-11-32-16/h1-6,11,15H,7-10,12H2,(H3,23,24,25,26,27,28)/t15-/m1/s1. The number of nitrogens with zero attached hydrogens (tertiary/aromatic N) is 6. The topological polar surface area (TPSA) is 127 Å². The minimum Gasteiger partial charge on any atom is -0.461 e. The molecule has 0 bridgehead atoms. The summed E-state index contributed by atoms with van der Waals surface area (Å²) < 4.78 is 20.0. The number of furan rings is 1. The highest BCUT2D eigenvalue weighted by Crippen LogP contribution is 2.18. The quantitative estimate of drug-likeness (QED) is 0.471. The van der Waals surface area contributed by atoms with Crippen molar-refractivity contribution in [2.75, 3.05) is 30.7 Å². The number of nitrogen functional groups attached to an aromatic ring is 1. The number of anilines is 2. The Bertz CT molecular complexity index is 1240. The van der Waals surface area contributed by atoms with E-state index in [2.05, 4.69) is 25.4 Å². The van der Waals surface area contributed by atoms with Gasteiger partial charge < -0.3 is 20.4 Å². The lowest BCUT2D eigenvalue weighted by molar-refractivity contribution is 0.0783. The monoisotopic (exact) mass is 436 g/mol. The fourth-order valence-corrected chi connectivity index (χ4v) is 3.61. The van der Waals surface area contributed by atoms with E-state index in [-0.39, 0.29) is 18.4 Å². The van der Waals surface area contributed by atoms with Crippen molar-refractivity contribution < 1.29 is 13.6 Å². The van der Waals surface area contributed by atoms with E-state index in [4.69, 9.17) is 10.2 Å². The van der Waals surface area contributed by atoms with Gasteiger partial charge in [-0.05, 0) is 42.7 Å². The van der Waals surface area contributed by atoms with Gasteiger partial charge in [0, 0.05) is 18.7 Å². The van der Waals surface area contributed by atoms with Crippen molar-refractivity contribution >= 4 is 23.6 Å². The molecule has 5 rings (SSSR count). The number of halogens is 1. The van der Waals surface area contributed by atoms with Gasteiger partial charge in [-0.3, -0.25) is 4.79 Å². The number of rotatable bonds is 6. The van der Waals surface area contributed by atoms with Crippen LogP contribution in [0.15, 0.2) is 47.1 Å². The number of likely N-dealkylation sites (tertiary alicyclic amines) is 1. The number of nitrogens with one attached hydrogen (secondary N) is 1. The van der Waals surface area contributed by atoms with E-state index in [1.165, 1.54) is 10.8 Å². The summed E-state index contributed by atoms with van der Waals surface area (Å²) in [5.74, 6) is 1.57. The molecule has 1 aliphatic heterocycles. The van der Waals surface area contributed by atoms with Gasteiger partial charge in [0.2, 0.25) is 17.7 Å². The molecule has 0 unspecified atom stereocenters. The third kappa shape index (κ3) is 3.96. The number of carbonyl (C=O) groups is 1. The van der Waals surface area contributed by atoms with Gasteiger partial charge in [-0.2, -0.15) is 19.5 Å². The van der Waals surface area contributed by atoms with Gasteiger partial charge in [-0.25, -0.2) is 4.39 Å². The summed E-state index contributed by atoms with van der Waals surface area (Å²) in [7, 11) is 0. The average molecular weight is 436 g/mol. The van der Waals surface area contributed by atoms with Crippen molar-refractivity contribution in [1.29, 1.82) is 0 Å². The number of amides is 1. The lowest BCUT2D eigenvalue weighted by Gasteiger charge is -2.15. The van der Waals surface area contributed by atoms with E-state index in [9.17, 15) is 9.18 Å². The summed E-state index contributed by atoms with van der Waals surface area (Å²) in [5, 5.41) is 7.39. The second-order valence-corrected chi connectivity index (χ2v) is 7.54. The zero-order chi connectivity index (χ0) is 22.1. The van der Waals surface area contributed by atoms with Crippen LogP contribution in [0.5, 0.6) is 0 Å². The molecule has 1 fully saturated rings. The van der Waals surface area contributed by atoms with E-state index in [0.717, 1.165) is 5.56 Å². The van der Waals surface area contributed by atoms with Crippen LogP contribution >= 0.6 is 0 Å². The zero-order valence-electron chi connectivity index (χ0n) is 17.1. The van der Waals surface area contributed by atoms with Gasteiger partial charge in [0.25, 0.3) is 11.7 Å². The molecule has 164 valence electrons. The van der Waals surface area contributed by atoms with Gasteiger partial charge in [-0.15, -0.1) is 5.10 Å². The van der Waals surface area contributed by atoms with E-state index in [1.54, 1.807) is 29.2 Å². The summed E-state index contributed by atoms with van der Waals surface area (Å²) in [6.07, 6.45) is 1.71. The van der Waals surface area contributed by atoms with Crippen LogP contribution in [0.2, 0.25) is 0 Å². The fraction of sp³-hybridized carbons (Fsp3) is 0.286. The maximum Gasteiger partial charge on any atom is 0.259 e. The normalized spacial score (nSPS) is 16.0. The second kappa shape index (κ2) is 8.25. The minimum atomic E-state index is -0.922. The Kier molecular flexibility index (Phi) is 5.13. The number of carbonyl (C=O) groups excluding carboxylic acids is 1. The van der Waals surface area contributed by atoms with Crippen LogP contribution in [0, 0.1) is 0 Å². The minimum absolute atomic E-state index is 0.130. The van der Waals surface area contributed by atoms with E-state index in [1.807, 2.05) is 12.1 Å². The first-order valence-electron chi connectivity index (χ1n) is 10.3. The lowest BCUT2D eigenvalue weighted by atomic mass is 10.1. The van der Waals surface area contributed by atoms with E-state index >= 15 is 0 Å². The summed E-state index contributed by atoms with van der Waals surface area (Å²) in [6, 6.07) is 10.8. The maximum atomic E-state index is 13.3. The Hall–Kier alpha value is -4.02. The van der Waals surface area contributed by atoms with Crippen LogP contribution in [0.25, 0.3) is 17.4 Å². The molecule has 1 aliphatic rings. The Morgan fingerprint density at radius 1 is 1.22 bits per heavy atom. The molecule has 1 aromatic carbocycles. The van der Waals surface area contributed by atoms with Crippen molar-refractivity contribution in [1.82, 2.24) is 29.5 Å². The third-order valence-electron chi connectivity index (χ3n) is 5.29. The maximum absolute atomic E-state index is 13.3. The van der Waals surface area contributed by atoms with Gasteiger partial charge in [-0.1, -0.05) is 12.1 Å². The van der Waals surface area contributed by atoms with Crippen LogP contribution in [0.1, 0.15) is 22.3 Å². The van der Waals surface area contributed by atoms with E-state index in [0.29, 0.717) is 54.8 Å². The van der Waals surface area contributed by atoms with Gasteiger partial charge >= 0.3 is 0 Å². The molecule has 0 spiro atoms. The van der Waals surface area contributed by atoms with Crippen molar-refractivity contribution in [2.24, 2.45) is 0 Å². The van der Waals surface area contributed by atoms with Gasteiger partial charge in [0.05, 0.1) is 12.8 Å². The molecule has 11 heteroatoms. The van der Waals surface area contributed by atoms with Crippen molar-refractivity contribution in [3.63, 3.8) is 0 Å². The summed E-state index contributed by atoms with van der Waals surface area (Å²) in [5.41, 5.74) is 7.59. The van der Waals surface area contributed by atoms with Crippen molar-refractivity contribution in [2.45, 2.75) is 19.0 Å². The zero-order valence-corrected chi connectivity index (χ0v) is 17.1. The first-order chi connectivity index (χ1) is 15.6. The smallest absolute Gasteiger partial charge is 0.259 e. The molecule has 4 aromatic rings. The summed E-state index contributed by atoms with van der Waals surface area (Å²) in [6.45, 7) is 1.19. The first kappa shape index (κ1) is 19.9. The lowest BCUT2D eigenvalue weighted by Crippen LogP contribution is -2.28. The molecule has 1 atom stereocenters. The number of benzene rings is 1. The molecule has 0 saturated carbocycles. The highest BCUT2D eigenvalue weighted by atomic mass is 19.1. The number of nitrogens with two attached hydrogens (primary N) is 1. The molecule has 4 heterocycles. The Morgan fingerprint density at radius 3 is 2.78 bits per heavy atom. The third-order valence-corrected chi connectivity index (χ3v) is 5.29. The molecule has 32 heavy (non-hydrogen) atoms. The van der Waals surface area contributed by atoms with Crippen LogP contribution in [-0.2, 0) is 6.42 Å². The molecule has 1 amide bonds. The molecule has 3 aromatic heterocycles. The van der Waals surface area contributed by atoms with Gasteiger partial charge in [0.15, 0.2) is 5.76 Å². The molecule has 0 aliphatic carbocycles. The molecular formula is C21H21FN8O2. The Balaban J connectivity index is 1.21. The SMILES string of the molecule is Nc1nc(NCCc2ccc(C(=O)N3CC[C@@H](F)C3)cc2)nc2nc(-c3ccco3)nn12. The number of hydrogen-bond donors (Lipinski definition) is 2.